The van der Waals surface area contributed by atoms with Gasteiger partial charge in [-0.3, -0.25) is 0 Å². The minimum atomic E-state index is 0.582. The fourth-order valence-corrected chi connectivity index (χ4v) is 2.11. The van der Waals surface area contributed by atoms with Crippen LogP contribution >= 0.6 is 0 Å². The van der Waals surface area contributed by atoms with E-state index in [2.05, 4.69) is 33.8 Å². The van der Waals surface area contributed by atoms with E-state index in [-0.39, 0.29) is 0 Å². The van der Waals surface area contributed by atoms with Crippen LogP contribution in [-0.2, 0) is 13.0 Å². The van der Waals surface area contributed by atoms with Gasteiger partial charge < -0.3 is 5.73 Å². The molecule has 0 saturated heterocycles. The topological polar surface area (TPSA) is 42.8 Å². The molecule has 2 aromatic rings. The van der Waals surface area contributed by atoms with Crippen LogP contribution in [0.2, 0.25) is 0 Å². The molecule has 2 heterocycles. The normalized spacial score (nSPS) is 13.1. The molecule has 15 heavy (non-hydrogen) atoms. The van der Waals surface area contributed by atoms with Gasteiger partial charge in [-0.15, -0.1) is 0 Å². The summed E-state index contributed by atoms with van der Waals surface area (Å²) in [5.74, 6) is 0.582. The van der Waals surface area contributed by atoms with Gasteiger partial charge in [0.05, 0.1) is 5.56 Å². The van der Waals surface area contributed by atoms with Gasteiger partial charge in [0.1, 0.15) is 6.20 Å². The largest absolute Gasteiger partial charge is 0.379 e. The Morgan fingerprint density at radius 3 is 3.07 bits per heavy atom. The van der Waals surface area contributed by atoms with Gasteiger partial charge in [0, 0.05) is 6.42 Å². The molecule has 1 aliphatic heterocycles. The van der Waals surface area contributed by atoms with Crippen LogP contribution in [0.5, 0.6) is 0 Å². The number of aryl methyl sites for hydroxylation is 2. The highest BCUT2D eigenvalue weighted by Crippen LogP contribution is 2.23. The summed E-state index contributed by atoms with van der Waals surface area (Å²) >= 11 is 0. The molecule has 0 unspecified atom stereocenters. The predicted molar refractivity (Wildman–Crippen MR) is 58.0 cm³/mol. The fraction of sp³-hybridized carbons (Fsp3) is 0.167. The van der Waals surface area contributed by atoms with Crippen LogP contribution in [-0.4, -0.2) is 4.98 Å². The summed E-state index contributed by atoms with van der Waals surface area (Å²) in [7, 11) is 0. The lowest BCUT2D eigenvalue weighted by atomic mass is 9.98. The number of anilines is 1. The molecule has 0 spiro atoms. The summed E-state index contributed by atoms with van der Waals surface area (Å²) in [5.41, 5.74) is 9.50. The third kappa shape index (κ3) is 1.28. The van der Waals surface area contributed by atoms with Gasteiger partial charge in [0.25, 0.3) is 0 Å². The number of hydrogen-bond donors (Lipinski definition) is 1. The maximum absolute atomic E-state index is 5.67. The number of fused-ring (bicyclic) bond motifs is 3. The van der Waals surface area contributed by atoms with Gasteiger partial charge in [0.15, 0.2) is 12.4 Å². The number of rotatable bonds is 0. The van der Waals surface area contributed by atoms with Crippen molar-refractivity contribution in [3.8, 4) is 11.3 Å². The standard InChI is InChI=1S/C12H12N3/c13-12-8-15-6-5-9-3-1-2-4-10(9)11(15)7-14-12/h1-4,7-8H,5-6H2,(H2,13,14)/q+1. The SMILES string of the molecule is Nc1c[n+]2c(cn1)-c1ccccc1CC2. The van der Waals surface area contributed by atoms with Gasteiger partial charge in [-0.2, -0.15) is 4.57 Å². The van der Waals surface area contributed by atoms with Crippen molar-refractivity contribution in [1.29, 1.82) is 0 Å². The number of hydrogen-bond acceptors (Lipinski definition) is 2. The summed E-state index contributed by atoms with van der Waals surface area (Å²) in [4.78, 5) is 4.15. The summed E-state index contributed by atoms with van der Waals surface area (Å²) < 4.78 is 2.17. The molecule has 0 aliphatic carbocycles. The molecule has 74 valence electrons. The Balaban J connectivity index is 2.26. The number of benzene rings is 1. The van der Waals surface area contributed by atoms with Gasteiger partial charge in [-0.05, 0) is 11.6 Å². The molecule has 2 N–H and O–H groups in total. The van der Waals surface area contributed by atoms with Gasteiger partial charge in [-0.25, -0.2) is 4.98 Å². The summed E-state index contributed by atoms with van der Waals surface area (Å²) in [6.45, 7) is 0.985. The van der Waals surface area contributed by atoms with Crippen molar-refractivity contribution in [2.75, 3.05) is 5.73 Å². The van der Waals surface area contributed by atoms with Crippen molar-refractivity contribution in [2.45, 2.75) is 13.0 Å². The average molecular weight is 198 g/mol. The Bertz CT molecular complexity index is 520. The fourth-order valence-electron chi connectivity index (χ4n) is 2.11. The molecular formula is C12H12N3+. The highest BCUT2D eigenvalue weighted by atomic mass is 15.0. The van der Waals surface area contributed by atoms with Crippen LogP contribution in [0.1, 0.15) is 5.56 Å². The third-order valence-corrected chi connectivity index (χ3v) is 2.85. The number of nitrogens with zero attached hydrogens (tertiary/aromatic N) is 2. The van der Waals surface area contributed by atoms with E-state index in [9.17, 15) is 0 Å². The molecule has 0 bridgehead atoms. The summed E-state index contributed by atoms with van der Waals surface area (Å²) in [6.07, 6.45) is 4.83. The molecule has 3 rings (SSSR count). The third-order valence-electron chi connectivity index (χ3n) is 2.85. The van der Waals surface area contributed by atoms with Gasteiger partial charge in [-0.1, -0.05) is 18.2 Å². The molecule has 3 heteroatoms. The zero-order valence-electron chi connectivity index (χ0n) is 8.35. The van der Waals surface area contributed by atoms with E-state index < -0.39 is 0 Å². The van der Waals surface area contributed by atoms with Crippen LogP contribution < -0.4 is 10.3 Å². The summed E-state index contributed by atoms with van der Waals surface area (Å²) in [6, 6.07) is 8.46. The Morgan fingerprint density at radius 2 is 2.13 bits per heavy atom. The van der Waals surface area contributed by atoms with E-state index in [4.69, 9.17) is 5.73 Å². The van der Waals surface area contributed by atoms with E-state index in [0.717, 1.165) is 18.7 Å². The zero-order valence-corrected chi connectivity index (χ0v) is 8.35. The molecule has 1 aromatic heterocycles. The Labute approximate surface area is 88.2 Å². The summed E-state index contributed by atoms with van der Waals surface area (Å²) in [5, 5.41) is 0. The Kier molecular flexibility index (Phi) is 1.71. The van der Waals surface area contributed by atoms with Crippen molar-refractivity contribution >= 4 is 5.82 Å². The Hall–Kier alpha value is -1.90. The van der Waals surface area contributed by atoms with Crippen LogP contribution in [0.25, 0.3) is 11.3 Å². The zero-order chi connectivity index (χ0) is 10.3. The molecule has 0 saturated carbocycles. The Morgan fingerprint density at radius 1 is 1.27 bits per heavy atom. The first-order chi connectivity index (χ1) is 7.34. The lowest BCUT2D eigenvalue weighted by molar-refractivity contribution is -0.687. The van der Waals surface area contributed by atoms with Crippen molar-refractivity contribution in [1.82, 2.24) is 4.98 Å². The maximum atomic E-state index is 5.67. The first-order valence-corrected chi connectivity index (χ1v) is 5.08. The van der Waals surface area contributed by atoms with E-state index in [1.165, 1.54) is 11.1 Å². The van der Waals surface area contributed by atoms with Crippen molar-refractivity contribution in [2.24, 2.45) is 0 Å². The second-order valence-corrected chi connectivity index (χ2v) is 3.80. The van der Waals surface area contributed by atoms with E-state index in [0.29, 0.717) is 5.82 Å². The number of nitrogen functional groups attached to an aromatic ring is 1. The first kappa shape index (κ1) is 8.41. The molecule has 1 aromatic carbocycles. The molecule has 0 amide bonds. The van der Waals surface area contributed by atoms with Crippen molar-refractivity contribution in [3.63, 3.8) is 0 Å². The van der Waals surface area contributed by atoms with Gasteiger partial charge >= 0.3 is 0 Å². The predicted octanol–water partition coefficient (Wildman–Crippen LogP) is 1.17. The molecule has 0 fully saturated rings. The van der Waals surface area contributed by atoms with Crippen molar-refractivity contribution in [3.05, 3.63) is 42.2 Å². The molecule has 0 atom stereocenters. The minimum Gasteiger partial charge on any atom is -0.379 e. The van der Waals surface area contributed by atoms with E-state index >= 15 is 0 Å². The van der Waals surface area contributed by atoms with E-state index in [1.54, 1.807) is 0 Å². The van der Waals surface area contributed by atoms with Crippen LogP contribution in [0.4, 0.5) is 5.82 Å². The molecule has 0 radical (unpaired) electrons. The average Bonchev–Trinajstić information content (AvgIpc) is 2.28. The maximum Gasteiger partial charge on any atom is 0.231 e. The quantitative estimate of drug-likeness (QED) is 0.646. The van der Waals surface area contributed by atoms with Crippen molar-refractivity contribution < 1.29 is 4.57 Å². The highest BCUT2D eigenvalue weighted by molar-refractivity contribution is 5.61. The van der Waals surface area contributed by atoms with Crippen LogP contribution in [0.15, 0.2) is 36.7 Å². The lowest BCUT2D eigenvalue weighted by Gasteiger charge is -2.13. The minimum absolute atomic E-state index is 0.582. The number of aromatic nitrogens is 2. The monoisotopic (exact) mass is 198 g/mol. The molecule has 3 nitrogen and oxygen atoms in total. The molecular weight excluding hydrogens is 186 g/mol. The highest BCUT2D eigenvalue weighted by Gasteiger charge is 2.22. The lowest BCUT2D eigenvalue weighted by Crippen LogP contribution is -2.40. The second-order valence-electron chi connectivity index (χ2n) is 3.80. The van der Waals surface area contributed by atoms with Gasteiger partial charge in [0.2, 0.25) is 11.9 Å². The van der Waals surface area contributed by atoms with Crippen LogP contribution in [0.3, 0.4) is 0 Å². The van der Waals surface area contributed by atoms with E-state index in [1.807, 2.05) is 12.4 Å². The van der Waals surface area contributed by atoms with Crippen LogP contribution in [0, 0.1) is 0 Å². The molecule has 1 aliphatic rings. The smallest absolute Gasteiger partial charge is 0.231 e. The number of nitrogens with two attached hydrogens (primary N) is 1. The first-order valence-electron chi connectivity index (χ1n) is 5.08. The second kappa shape index (κ2) is 3.05.